The van der Waals surface area contributed by atoms with E-state index in [-0.39, 0.29) is 0 Å². The summed E-state index contributed by atoms with van der Waals surface area (Å²) in [5.41, 5.74) is 4.31. The van der Waals surface area contributed by atoms with Crippen molar-refractivity contribution in [2.75, 3.05) is 0 Å². The predicted octanol–water partition coefficient (Wildman–Crippen LogP) is 5.37. The first kappa shape index (κ1) is 18.2. The lowest BCUT2D eigenvalue weighted by Crippen LogP contribution is -2.11. The van der Waals surface area contributed by atoms with Crippen LogP contribution in [0.15, 0.2) is 71.8 Å². The summed E-state index contributed by atoms with van der Waals surface area (Å²) in [5, 5.41) is 8.98. The van der Waals surface area contributed by atoms with Crippen LogP contribution in [0, 0.1) is 18.3 Å². The zero-order valence-electron chi connectivity index (χ0n) is 14.7. The maximum atomic E-state index is 12.3. The van der Waals surface area contributed by atoms with Crippen LogP contribution in [0.2, 0.25) is 0 Å². The molecule has 126 valence electrons. The minimum absolute atomic E-state index is 0.430. The molecule has 2 aromatic carbocycles. The Morgan fingerprint density at radius 1 is 1.08 bits per heavy atom. The van der Waals surface area contributed by atoms with E-state index in [4.69, 9.17) is 10.00 Å². The molecule has 0 amide bonds. The molecule has 0 aliphatic carbocycles. The summed E-state index contributed by atoms with van der Waals surface area (Å²) in [6.45, 7) is 5.67. The van der Waals surface area contributed by atoms with E-state index in [1.807, 2.05) is 25.1 Å². The number of hydrogen-bond acceptors (Lipinski definition) is 3. The van der Waals surface area contributed by atoms with Gasteiger partial charge < -0.3 is 4.74 Å². The number of esters is 1. The molecule has 2 aromatic rings. The highest BCUT2D eigenvalue weighted by Gasteiger charge is 2.11. The van der Waals surface area contributed by atoms with Crippen LogP contribution in [0.4, 0.5) is 0 Å². The monoisotopic (exact) mass is 331 g/mol. The highest BCUT2D eigenvalue weighted by molar-refractivity contribution is 5.91. The fraction of sp³-hybridized carbons (Fsp3) is 0.182. The van der Waals surface area contributed by atoms with Gasteiger partial charge in [-0.3, -0.25) is 0 Å². The quantitative estimate of drug-likeness (QED) is 0.243. The number of ether oxygens (including phenoxy) is 1. The van der Waals surface area contributed by atoms with Gasteiger partial charge in [-0.25, -0.2) is 4.79 Å². The van der Waals surface area contributed by atoms with Crippen molar-refractivity contribution in [2.45, 2.75) is 27.2 Å². The Kier molecular flexibility index (Phi) is 6.31. The first-order chi connectivity index (χ1) is 12.1. The third kappa shape index (κ3) is 4.92. The molecule has 3 heteroatoms. The van der Waals surface area contributed by atoms with Crippen LogP contribution >= 0.6 is 0 Å². The molecule has 0 aromatic heterocycles. The zero-order valence-corrected chi connectivity index (χ0v) is 14.7. The van der Waals surface area contributed by atoms with Gasteiger partial charge in [-0.2, -0.15) is 5.26 Å². The number of benzene rings is 2. The average Bonchev–Trinajstić information content (AvgIpc) is 2.64. The molecule has 0 atom stereocenters. The largest absolute Gasteiger partial charge is 0.423 e. The molecule has 0 aliphatic heterocycles. The Morgan fingerprint density at radius 2 is 1.64 bits per heavy atom. The molecule has 0 N–H and O–H groups in total. The lowest BCUT2D eigenvalue weighted by Gasteiger charge is -2.08. The predicted molar refractivity (Wildman–Crippen MR) is 100.0 cm³/mol. The number of nitrogens with zero attached hydrogens (tertiary/aromatic N) is 1. The standard InChI is InChI=1S/C22H21NO2/c1-4-17(15-23)14-18(5-2)22(24)25-21-12-10-20(11-13-21)19-8-6-16(3)7-9-19/h4,6-14H,5H2,1-3H3/b17-4+,18-14+. The van der Waals surface area contributed by atoms with Crippen LogP contribution in [0.3, 0.4) is 0 Å². The van der Waals surface area contributed by atoms with Crippen molar-refractivity contribution in [3.05, 3.63) is 77.4 Å². The summed E-state index contributed by atoms with van der Waals surface area (Å²) >= 11 is 0. The van der Waals surface area contributed by atoms with E-state index in [1.165, 1.54) is 5.56 Å². The van der Waals surface area contributed by atoms with Gasteiger partial charge in [-0.1, -0.05) is 55.0 Å². The number of carbonyl (C=O) groups is 1. The molecule has 0 heterocycles. The Bertz CT molecular complexity index is 835. The SMILES string of the molecule is C/C=C(C#N)\C=C(/CC)C(=O)Oc1ccc(-c2ccc(C)cc2)cc1. The Labute approximate surface area is 148 Å². The minimum atomic E-state index is -0.430. The van der Waals surface area contributed by atoms with Crippen molar-refractivity contribution in [3.63, 3.8) is 0 Å². The van der Waals surface area contributed by atoms with Gasteiger partial charge in [0.2, 0.25) is 0 Å². The van der Waals surface area contributed by atoms with Crippen LogP contribution < -0.4 is 4.74 Å². The molecule has 2 rings (SSSR count). The lowest BCUT2D eigenvalue weighted by atomic mass is 10.0. The van der Waals surface area contributed by atoms with Crippen LogP contribution in [0.25, 0.3) is 11.1 Å². The Morgan fingerprint density at radius 3 is 2.12 bits per heavy atom. The number of allylic oxidation sites excluding steroid dienone is 3. The molecule has 0 unspecified atom stereocenters. The highest BCUT2D eigenvalue weighted by Crippen LogP contribution is 2.23. The van der Waals surface area contributed by atoms with E-state index >= 15 is 0 Å². The van der Waals surface area contributed by atoms with Gasteiger partial charge in [0.25, 0.3) is 0 Å². The number of aryl methyl sites for hydroxylation is 1. The smallest absolute Gasteiger partial charge is 0.339 e. The first-order valence-corrected chi connectivity index (χ1v) is 8.23. The van der Waals surface area contributed by atoms with Crippen molar-refractivity contribution >= 4 is 5.97 Å². The van der Waals surface area contributed by atoms with Crippen molar-refractivity contribution in [1.29, 1.82) is 5.26 Å². The summed E-state index contributed by atoms with van der Waals surface area (Å²) in [6, 6.07) is 17.7. The summed E-state index contributed by atoms with van der Waals surface area (Å²) < 4.78 is 5.42. The van der Waals surface area contributed by atoms with Crippen molar-refractivity contribution in [1.82, 2.24) is 0 Å². The summed E-state index contributed by atoms with van der Waals surface area (Å²) in [7, 11) is 0. The van der Waals surface area contributed by atoms with Crippen LogP contribution in [-0.4, -0.2) is 5.97 Å². The summed E-state index contributed by atoms with van der Waals surface area (Å²) in [4.78, 5) is 12.3. The molecule has 0 fully saturated rings. The molecule has 0 radical (unpaired) electrons. The highest BCUT2D eigenvalue weighted by atomic mass is 16.5. The summed E-state index contributed by atoms with van der Waals surface area (Å²) in [6.07, 6.45) is 3.74. The number of carbonyl (C=O) groups excluding carboxylic acids is 1. The van der Waals surface area contributed by atoms with Gasteiger partial charge in [-0.15, -0.1) is 0 Å². The van der Waals surface area contributed by atoms with E-state index in [0.29, 0.717) is 23.3 Å². The number of nitriles is 1. The second-order valence-electron chi connectivity index (χ2n) is 5.66. The summed E-state index contributed by atoms with van der Waals surface area (Å²) in [5.74, 6) is 0.0550. The maximum absolute atomic E-state index is 12.3. The maximum Gasteiger partial charge on any atom is 0.339 e. The van der Waals surface area contributed by atoms with E-state index < -0.39 is 5.97 Å². The van der Waals surface area contributed by atoms with Crippen molar-refractivity contribution in [2.24, 2.45) is 0 Å². The zero-order chi connectivity index (χ0) is 18.2. The minimum Gasteiger partial charge on any atom is -0.423 e. The normalized spacial score (nSPS) is 11.8. The van der Waals surface area contributed by atoms with Crippen LogP contribution in [0.5, 0.6) is 5.75 Å². The van der Waals surface area contributed by atoms with Crippen LogP contribution in [0.1, 0.15) is 25.8 Å². The van der Waals surface area contributed by atoms with Gasteiger partial charge in [0, 0.05) is 11.1 Å². The lowest BCUT2D eigenvalue weighted by molar-refractivity contribution is -0.130. The van der Waals surface area contributed by atoms with Crippen molar-refractivity contribution < 1.29 is 9.53 Å². The molecule has 0 spiro atoms. The molecule has 0 aliphatic rings. The fourth-order valence-electron chi connectivity index (χ4n) is 2.31. The second kappa shape index (κ2) is 8.65. The fourth-order valence-corrected chi connectivity index (χ4v) is 2.31. The molecule has 25 heavy (non-hydrogen) atoms. The molecule has 0 bridgehead atoms. The molecule has 3 nitrogen and oxygen atoms in total. The van der Waals surface area contributed by atoms with Crippen molar-refractivity contribution in [3.8, 4) is 22.9 Å². The van der Waals surface area contributed by atoms with E-state index in [1.54, 1.807) is 31.2 Å². The third-order valence-corrected chi connectivity index (χ3v) is 3.86. The van der Waals surface area contributed by atoms with Gasteiger partial charge in [-0.05, 0) is 49.6 Å². The third-order valence-electron chi connectivity index (χ3n) is 3.86. The molecular formula is C22H21NO2. The van der Waals surface area contributed by atoms with E-state index in [9.17, 15) is 4.79 Å². The van der Waals surface area contributed by atoms with Gasteiger partial charge in [0.1, 0.15) is 5.75 Å². The second-order valence-corrected chi connectivity index (χ2v) is 5.66. The topological polar surface area (TPSA) is 50.1 Å². The van der Waals surface area contributed by atoms with Gasteiger partial charge >= 0.3 is 5.97 Å². The number of rotatable bonds is 5. The molecule has 0 saturated heterocycles. The molecular weight excluding hydrogens is 310 g/mol. The van der Waals surface area contributed by atoms with E-state index in [2.05, 4.69) is 31.2 Å². The Hall–Kier alpha value is -3.12. The van der Waals surface area contributed by atoms with E-state index in [0.717, 1.165) is 11.1 Å². The first-order valence-electron chi connectivity index (χ1n) is 8.23. The van der Waals surface area contributed by atoms with Crippen LogP contribution in [-0.2, 0) is 4.79 Å². The number of hydrogen-bond donors (Lipinski definition) is 0. The van der Waals surface area contributed by atoms with Gasteiger partial charge in [0.05, 0.1) is 6.07 Å². The molecule has 0 saturated carbocycles. The average molecular weight is 331 g/mol. The van der Waals surface area contributed by atoms with Gasteiger partial charge in [0.15, 0.2) is 0 Å². The Balaban J connectivity index is 2.14.